The van der Waals surface area contributed by atoms with Gasteiger partial charge in [-0.3, -0.25) is 10.3 Å². The molecule has 2 aromatic rings. The quantitative estimate of drug-likeness (QED) is 0.569. The number of imide groups is 1. The van der Waals surface area contributed by atoms with Gasteiger partial charge in [-0.05, 0) is 42.8 Å². The second-order valence-electron chi connectivity index (χ2n) is 9.20. The summed E-state index contributed by atoms with van der Waals surface area (Å²) >= 11 is 0. The minimum Gasteiger partial charge on any atom is -0.379 e. The van der Waals surface area contributed by atoms with E-state index in [1.165, 1.54) is 30.1 Å². The molecule has 2 heterocycles. The third-order valence-electron chi connectivity index (χ3n) is 6.53. The molecule has 0 aliphatic carbocycles. The lowest BCUT2D eigenvalue weighted by Crippen LogP contribution is -2.59. The van der Waals surface area contributed by atoms with Crippen LogP contribution in [0.4, 0.5) is 28.4 Å². The van der Waals surface area contributed by atoms with Gasteiger partial charge >= 0.3 is 18.2 Å². The number of allylic oxidation sites excluding steroid dienone is 1. The Morgan fingerprint density at radius 1 is 1.10 bits per heavy atom. The van der Waals surface area contributed by atoms with Crippen LogP contribution in [0.5, 0.6) is 0 Å². The second kappa shape index (κ2) is 11.2. The van der Waals surface area contributed by atoms with Crippen LogP contribution in [0.1, 0.15) is 29.7 Å². The van der Waals surface area contributed by atoms with Gasteiger partial charge in [-0.15, -0.1) is 0 Å². The molecule has 1 fully saturated rings. The predicted molar refractivity (Wildman–Crippen MR) is 137 cm³/mol. The van der Waals surface area contributed by atoms with Crippen LogP contribution in [-0.4, -0.2) is 62.9 Å². The van der Waals surface area contributed by atoms with E-state index in [1.807, 2.05) is 12.1 Å². The van der Waals surface area contributed by atoms with Crippen LogP contribution in [0, 0.1) is 22.7 Å². The van der Waals surface area contributed by atoms with Crippen molar-refractivity contribution in [2.75, 3.05) is 37.5 Å². The largest absolute Gasteiger partial charge is 0.416 e. The van der Waals surface area contributed by atoms with Crippen molar-refractivity contribution >= 4 is 27.6 Å². The molecule has 11 nitrogen and oxygen atoms in total. The second-order valence-corrected chi connectivity index (χ2v) is 11.2. The maximum Gasteiger partial charge on any atom is 0.416 e. The maximum absolute atomic E-state index is 14.0. The van der Waals surface area contributed by atoms with Crippen molar-refractivity contribution in [1.82, 2.24) is 15.3 Å². The third kappa shape index (κ3) is 5.88. The predicted octanol–water partition coefficient (Wildman–Crippen LogP) is 3.72. The van der Waals surface area contributed by atoms with E-state index in [4.69, 9.17) is 4.74 Å². The number of carbonyl (C=O) groups is 2. The number of nitrogens with zero attached hydrogens (tertiary/aromatic N) is 5. The number of nitrogens with one attached hydrogen (secondary N) is 1. The van der Waals surface area contributed by atoms with Crippen LogP contribution in [0.2, 0.25) is 0 Å². The summed E-state index contributed by atoms with van der Waals surface area (Å²) < 4.78 is 71.3. The average Bonchev–Trinajstić information content (AvgIpc) is 2.92. The fourth-order valence-electron chi connectivity index (χ4n) is 4.59. The van der Waals surface area contributed by atoms with Gasteiger partial charge in [0.15, 0.2) is 9.84 Å². The monoisotopic (exact) mass is 588 g/mol. The maximum atomic E-state index is 14.0. The van der Waals surface area contributed by atoms with E-state index >= 15 is 0 Å². The average molecular weight is 589 g/mol. The van der Waals surface area contributed by atoms with Gasteiger partial charge in [-0.1, -0.05) is 12.1 Å². The fourth-order valence-corrected chi connectivity index (χ4v) is 5.54. The molecule has 1 N–H and O–H groups in total. The topological polar surface area (TPSA) is 147 Å². The normalized spacial score (nSPS) is 18.6. The third-order valence-corrected chi connectivity index (χ3v) is 7.68. The first kappa shape index (κ1) is 29.5. The number of alkyl halides is 3. The standard InChI is InChI=1S/C26H23F3N6O5S/c1-16-21(15-31)23(20-7-6-17(14-30)12-22(20)41(2,38)39)35(24(36)32-33-8-10-40-11-9-33)25(37)34(16)19-5-3-4-18(13-19)26(27,28)29/h3-7,12-13,23H,8-11H2,1-2H3,(H,32,36)/t23-/m1/s1. The van der Waals surface area contributed by atoms with Crippen LogP contribution in [0.15, 0.2) is 58.6 Å². The number of amides is 4. The van der Waals surface area contributed by atoms with E-state index in [9.17, 15) is 41.7 Å². The highest BCUT2D eigenvalue weighted by molar-refractivity contribution is 7.90. The zero-order chi connectivity index (χ0) is 30.1. The van der Waals surface area contributed by atoms with Crippen molar-refractivity contribution < 1.29 is 35.9 Å². The fraction of sp³-hybridized carbons (Fsp3) is 0.308. The summed E-state index contributed by atoms with van der Waals surface area (Å²) in [6.07, 6.45) is -3.87. The molecule has 0 saturated carbocycles. The molecular weight excluding hydrogens is 565 g/mol. The molecule has 2 aliphatic heterocycles. The number of ether oxygens (including phenoxy) is 1. The highest BCUT2D eigenvalue weighted by atomic mass is 32.2. The highest BCUT2D eigenvalue weighted by Crippen LogP contribution is 2.42. The van der Waals surface area contributed by atoms with Gasteiger partial charge in [0, 0.05) is 25.0 Å². The van der Waals surface area contributed by atoms with Crippen LogP contribution < -0.4 is 10.3 Å². The number of hydrogen-bond acceptors (Lipinski definition) is 8. The number of urea groups is 2. The summed E-state index contributed by atoms with van der Waals surface area (Å²) in [5, 5.41) is 21.0. The number of hydrogen-bond donors (Lipinski definition) is 1. The van der Waals surface area contributed by atoms with Crippen LogP contribution >= 0.6 is 0 Å². The summed E-state index contributed by atoms with van der Waals surface area (Å²) in [5.74, 6) is 0. The Labute approximate surface area is 233 Å². The van der Waals surface area contributed by atoms with E-state index in [-0.39, 0.29) is 54.4 Å². The first-order valence-electron chi connectivity index (χ1n) is 12.1. The van der Waals surface area contributed by atoms with E-state index < -0.39 is 44.6 Å². The molecule has 0 aromatic heterocycles. The number of halogens is 3. The van der Waals surface area contributed by atoms with Crippen LogP contribution in [0.25, 0.3) is 0 Å². The van der Waals surface area contributed by atoms with Crippen molar-refractivity contribution in [1.29, 1.82) is 10.5 Å². The molecule has 0 bridgehead atoms. The molecule has 0 radical (unpaired) electrons. The summed E-state index contributed by atoms with van der Waals surface area (Å²) in [7, 11) is -4.06. The number of rotatable bonds is 4. The van der Waals surface area contributed by atoms with Crippen molar-refractivity contribution in [3.8, 4) is 12.1 Å². The smallest absolute Gasteiger partial charge is 0.379 e. The molecule has 1 atom stereocenters. The van der Waals surface area contributed by atoms with Gasteiger partial charge in [0.05, 0.1) is 52.6 Å². The van der Waals surface area contributed by atoms with Crippen LogP contribution in [-0.2, 0) is 20.8 Å². The van der Waals surface area contributed by atoms with Crippen molar-refractivity contribution in [3.05, 3.63) is 70.4 Å². The van der Waals surface area contributed by atoms with E-state index in [0.717, 1.165) is 29.4 Å². The molecule has 4 rings (SSSR count). The van der Waals surface area contributed by atoms with Crippen molar-refractivity contribution in [2.24, 2.45) is 0 Å². The number of morpholine rings is 1. The first-order chi connectivity index (χ1) is 19.3. The molecule has 4 amide bonds. The Morgan fingerprint density at radius 2 is 1.78 bits per heavy atom. The Balaban J connectivity index is 1.96. The van der Waals surface area contributed by atoms with Gasteiger partial charge in [0.25, 0.3) is 0 Å². The van der Waals surface area contributed by atoms with Gasteiger partial charge in [-0.25, -0.2) is 27.9 Å². The summed E-state index contributed by atoms with van der Waals surface area (Å²) in [6, 6.07) is 7.35. The SMILES string of the molecule is CC1=C(C#N)[C@@H](c2ccc(C#N)cc2S(C)(=O)=O)N(C(=O)NN2CCOCC2)C(=O)N1c1cccc(C(F)(F)F)c1. The zero-order valence-corrected chi connectivity index (χ0v) is 22.6. The lowest BCUT2D eigenvalue weighted by molar-refractivity contribution is -0.137. The number of hydrazine groups is 1. The van der Waals surface area contributed by atoms with Gasteiger partial charge in [0.2, 0.25) is 0 Å². The molecule has 2 aliphatic rings. The van der Waals surface area contributed by atoms with Gasteiger partial charge in [0.1, 0.15) is 6.04 Å². The van der Waals surface area contributed by atoms with E-state index in [2.05, 4.69) is 5.43 Å². The molecular formula is C26H23F3N6O5S. The Hall–Kier alpha value is -4.44. The lowest BCUT2D eigenvalue weighted by Gasteiger charge is -2.41. The van der Waals surface area contributed by atoms with Gasteiger partial charge in [-0.2, -0.15) is 23.7 Å². The number of benzene rings is 2. The minimum atomic E-state index is -4.74. The summed E-state index contributed by atoms with van der Waals surface area (Å²) in [4.78, 5) is 28.7. The lowest BCUT2D eigenvalue weighted by atomic mass is 9.93. The zero-order valence-electron chi connectivity index (χ0n) is 21.8. The number of sulfone groups is 1. The number of nitriles is 2. The molecule has 41 heavy (non-hydrogen) atoms. The van der Waals surface area contributed by atoms with Crippen molar-refractivity contribution in [2.45, 2.75) is 24.0 Å². The molecule has 214 valence electrons. The molecule has 0 unspecified atom stereocenters. The molecule has 15 heteroatoms. The Kier molecular flexibility index (Phi) is 8.08. The van der Waals surface area contributed by atoms with E-state index in [1.54, 1.807) is 0 Å². The van der Waals surface area contributed by atoms with E-state index in [0.29, 0.717) is 11.0 Å². The number of carbonyl (C=O) groups excluding carboxylic acids is 2. The first-order valence-corrected chi connectivity index (χ1v) is 14.0. The Morgan fingerprint density at radius 3 is 2.37 bits per heavy atom. The summed E-state index contributed by atoms with van der Waals surface area (Å²) in [5.41, 5.74) is 0.675. The summed E-state index contributed by atoms with van der Waals surface area (Å²) in [6.45, 7) is 2.35. The Bertz CT molecular complexity index is 1620. The molecule has 1 saturated heterocycles. The molecule has 0 spiro atoms. The van der Waals surface area contributed by atoms with Crippen molar-refractivity contribution in [3.63, 3.8) is 0 Å². The molecule has 2 aromatic carbocycles. The minimum absolute atomic E-state index is 0.0227. The van der Waals surface area contributed by atoms with Crippen LogP contribution in [0.3, 0.4) is 0 Å². The highest BCUT2D eigenvalue weighted by Gasteiger charge is 2.46. The number of anilines is 1. The van der Waals surface area contributed by atoms with Gasteiger partial charge < -0.3 is 4.74 Å².